The molecular weight excluding hydrogens is 449 g/mol. The maximum atomic E-state index is 13.6. The highest BCUT2D eigenvalue weighted by Gasteiger charge is 2.39. The number of aromatic nitrogens is 6. The van der Waals surface area contributed by atoms with Crippen LogP contribution in [0, 0.1) is 12.3 Å². The van der Waals surface area contributed by atoms with E-state index in [-0.39, 0.29) is 24.4 Å². The molecule has 0 amide bonds. The Kier molecular flexibility index (Phi) is 6.43. The van der Waals surface area contributed by atoms with Gasteiger partial charge in [-0.3, -0.25) is 0 Å². The molecule has 0 spiro atoms. The van der Waals surface area contributed by atoms with Crippen LogP contribution in [0.15, 0.2) is 30.5 Å². The molecule has 1 saturated carbocycles. The van der Waals surface area contributed by atoms with Gasteiger partial charge in [0.25, 0.3) is 0 Å². The average molecular weight is 477 g/mol. The smallest absolute Gasteiger partial charge is 0.393 e. The van der Waals surface area contributed by atoms with Crippen LogP contribution in [0.3, 0.4) is 0 Å². The minimum Gasteiger partial charge on any atom is -0.393 e. The van der Waals surface area contributed by atoms with Gasteiger partial charge in [-0.25, -0.2) is 4.98 Å². The van der Waals surface area contributed by atoms with Crippen molar-refractivity contribution < 1.29 is 18.3 Å². The van der Waals surface area contributed by atoms with E-state index in [1.165, 1.54) is 0 Å². The summed E-state index contributed by atoms with van der Waals surface area (Å²) in [6.45, 7) is 5.84. The van der Waals surface area contributed by atoms with Gasteiger partial charge in [0.15, 0.2) is 5.82 Å². The van der Waals surface area contributed by atoms with E-state index in [4.69, 9.17) is 0 Å². The Morgan fingerprint density at radius 2 is 1.97 bits per heavy atom. The molecule has 34 heavy (non-hydrogen) atoms. The highest BCUT2D eigenvalue weighted by Crippen LogP contribution is 2.39. The molecule has 2 atom stereocenters. The topological polar surface area (TPSA) is 114 Å². The maximum absolute atomic E-state index is 13.6. The van der Waals surface area contributed by atoms with Crippen molar-refractivity contribution in [3.8, 4) is 5.69 Å². The van der Waals surface area contributed by atoms with Gasteiger partial charge in [-0.05, 0) is 53.7 Å². The second kappa shape index (κ2) is 9.16. The fourth-order valence-electron chi connectivity index (χ4n) is 4.22. The third-order valence-corrected chi connectivity index (χ3v) is 6.18. The fourth-order valence-corrected chi connectivity index (χ4v) is 4.22. The molecular formula is C22H27F3N8O. The summed E-state index contributed by atoms with van der Waals surface area (Å²) in [7, 11) is 0. The van der Waals surface area contributed by atoms with Crippen molar-refractivity contribution in [2.75, 3.05) is 10.6 Å². The van der Waals surface area contributed by atoms with E-state index in [9.17, 15) is 18.3 Å². The average Bonchev–Trinajstić information content (AvgIpc) is 3.20. The number of benzene rings is 1. The normalized spacial score (nSPS) is 20.2. The molecule has 0 radical (unpaired) electrons. The standard InChI is InChI=1S/C22H27F3N8O/c1-13-30-31-32-33(13)17-7-5-4-6-14(17)11-26-20-27-12-16(22(23,24)25)19(29-20)28-15-8-9-18(34)21(2,3)10-15/h4-7,12,15,18,34H,8-11H2,1-3H3,(H2,26,27,28,29). The zero-order valence-electron chi connectivity index (χ0n) is 19.1. The maximum Gasteiger partial charge on any atom is 0.421 e. The van der Waals surface area contributed by atoms with Crippen LogP contribution in [-0.4, -0.2) is 47.4 Å². The van der Waals surface area contributed by atoms with Gasteiger partial charge < -0.3 is 15.7 Å². The van der Waals surface area contributed by atoms with E-state index in [0.29, 0.717) is 25.1 Å². The second-order valence-corrected chi connectivity index (χ2v) is 9.20. The number of para-hydroxylation sites is 1. The fraction of sp³-hybridized carbons (Fsp3) is 0.500. The summed E-state index contributed by atoms with van der Waals surface area (Å²) < 4.78 is 42.5. The summed E-state index contributed by atoms with van der Waals surface area (Å²) in [6.07, 6.45) is -2.72. The van der Waals surface area contributed by atoms with Crippen molar-refractivity contribution >= 4 is 11.8 Å². The lowest BCUT2D eigenvalue weighted by atomic mass is 9.73. The molecule has 9 nitrogen and oxygen atoms in total. The summed E-state index contributed by atoms with van der Waals surface area (Å²) in [4.78, 5) is 8.06. The quantitative estimate of drug-likeness (QED) is 0.493. The molecule has 0 saturated heterocycles. The molecule has 3 aromatic rings. The van der Waals surface area contributed by atoms with Crippen LogP contribution in [0.1, 0.15) is 50.1 Å². The first-order valence-corrected chi connectivity index (χ1v) is 11.0. The molecule has 2 aromatic heterocycles. The van der Waals surface area contributed by atoms with E-state index in [1.807, 2.05) is 38.1 Å². The summed E-state index contributed by atoms with van der Waals surface area (Å²) in [5.41, 5.74) is 0.233. The Hall–Kier alpha value is -3.28. The van der Waals surface area contributed by atoms with Crippen LogP contribution in [0.5, 0.6) is 0 Å². The number of aliphatic hydroxyl groups excluding tert-OH is 1. The number of hydrogen-bond donors (Lipinski definition) is 3. The first kappa shape index (κ1) is 23.9. The summed E-state index contributed by atoms with van der Waals surface area (Å²) in [5.74, 6) is 0.394. The molecule has 1 aromatic carbocycles. The predicted molar refractivity (Wildman–Crippen MR) is 119 cm³/mol. The molecule has 1 fully saturated rings. The minimum absolute atomic E-state index is 0.0637. The van der Waals surface area contributed by atoms with Crippen molar-refractivity contribution in [1.82, 2.24) is 30.2 Å². The van der Waals surface area contributed by atoms with Gasteiger partial charge in [0, 0.05) is 18.8 Å². The number of nitrogens with one attached hydrogen (secondary N) is 2. The summed E-state index contributed by atoms with van der Waals surface area (Å²) in [6, 6.07) is 7.16. The molecule has 12 heteroatoms. The Bertz CT molecular complexity index is 1150. The van der Waals surface area contributed by atoms with Crippen LogP contribution < -0.4 is 10.6 Å². The lowest BCUT2D eigenvalue weighted by Gasteiger charge is -2.40. The third kappa shape index (κ3) is 5.11. The molecule has 1 aliphatic carbocycles. The van der Waals surface area contributed by atoms with Gasteiger partial charge in [-0.2, -0.15) is 22.8 Å². The lowest BCUT2D eigenvalue weighted by molar-refractivity contribution is -0.137. The van der Waals surface area contributed by atoms with Crippen LogP contribution in [0.2, 0.25) is 0 Å². The van der Waals surface area contributed by atoms with Crippen molar-refractivity contribution in [3.05, 3.63) is 47.4 Å². The van der Waals surface area contributed by atoms with E-state index >= 15 is 0 Å². The van der Waals surface area contributed by atoms with Crippen LogP contribution in [0.4, 0.5) is 24.9 Å². The number of aryl methyl sites for hydroxylation is 1. The number of anilines is 2. The Morgan fingerprint density at radius 3 is 2.65 bits per heavy atom. The van der Waals surface area contributed by atoms with Crippen LogP contribution in [0.25, 0.3) is 5.69 Å². The molecule has 182 valence electrons. The minimum atomic E-state index is -4.60. The monoisotopic (exact) mass is 476 g/mol. The van der Waals surface area contributed by atoms with Gasteiger partial charge in [-0.1, -0.05) is 32.0 Å². The third-order valence-electron chi connectivity index (χ3n) is 6.18. The van der Waals surface area contributed by atoms with Gasteiger partial charge >= 0.3 is 6.18 Å². The zero-order valence-corrected chi connectivity index (χ0v) is 19.1. The summed E-state index contributed by atoms with van der Waals surface area (Å²) in [5, 5.41) is 27.7. The van der Waals surface area contributed by atoms with Crippen molar-refractivity contribution in [1.29, 1.82) is 0 Å². The molecule has 0 aliphatic heterocycles. The van der Waals surface area contributed by atoms with Gasteiger partial charge in [0.1, 0.15) is 11.4 Å². The Morgan fingerprint density at radius 1 is 1.21 bits per heavy atom. The highest BCUT2D eigenvalue weighted by atomic mass is 19.4. The predicted octanol–water partition coefficient (Wildman–Crippen LogP) is 3.74. The molecule has 4 rings (SSSR count). The first-order chi connectivity index (χ1) is 16.0. The van der Waals surface area contributed by atoms with Crippen molar-refractivity contribution in [2.45, 2.75) is 64.9 Å². The first-order valence-electron chi connectivity index (χ1n) is 11.0. The molecule has 0 bridgehead atoms. The Labute approximate surface area is 194 Å². The molecule has 2 unspecified atom stereocenters. The van der Waals surface area contributed by atoms with Gasteiger partial charge in [0.2, 0.25) is 5.95 Å². The largest absolute Gasteiger partial charge is 0.421 e. The van der Waals surface area contributed by atoms with Crippen molar-refractivity contribution in [2.24, 2.45) is 5.41 Å². The number of hydrogen-bond acceptors (Lipinski definition) is 8. The number of tetrazole rings is 1. The van der Waals surface area contributed by atoms with Gasteiger partial charge in [0.05, 0.1) is 11.8 Å². The Balaban J connectivity index is 1.56. The van der Waals surface area contributed by atoms with E-state index in [1.54, 1.807) is 11.6 Å². The number of rotatable bonds is 6. The summed E-state index contributed by atoms with van der Waals surface area (Å²) >= 11 is 0. The highest BCUT2D eigenvalue weighted by molar-refractivity contribution is 5.50. The SMILES string of the molecule is Cc1nnnn1-c1ccccc1CNc1ncc(C(F)(F)F)c(NC2CCC(O)C(C)(C)C2)n1. The molecule has 3 N–H and O–H groups in total. The number of alkyl halides is 3. The van der Waals surface area contributed by atoms with Crippen LogP contribution in [-0.2, 0) is 12.7 Å². The lowest BCUT2D eigenvalue weighted by Crippen LogP contribution is -2.41. The number of nitrogens with zero attached hydrogens (tertiary/aromatic N) is 6. The molecule has 2 heterocycles. The number of aliphatic hydroxyl groups is 1. The van der Waals surface area contributed by atoms with Crippen molar-refractivity contribution in [3.63, 3.8) is 0 Å². The number of halogens is 3. The second-order valence-electron chi connectivity index (χ2n) is 9.20. The molecule has 1 aliphatic rings. The van der Waals surface area contributed by atoms with E-state index in [0.717, 1.165) is 17.4 Å². The zero-order chi connectivity index (χ0) is 24.5. The van der Waals surface area contributed by atoms with Crippen LogP contribution >= 0.6 is 0 Å². The van der Waals surface area contributed by atoms with E-state index in [2.05, 4.69) is 36.1 Å². The van der Waals surface area contributed by atoms with Gasteiger partial charge in [-0.15, -0.1) is 5.10 Å². The van der Waals surface area contributed by atoms with E-state index < -0.39 is 23.3 Å².